The molecule has 0 amide bonds. The van der Waals surface area contributed by atoms with E-state index in [1.807, 2.05) is 0 Å². The second kappa shape index (κ2) is 6.04. The molecule has 0 aliphatic heterocycles. The number of aliphatic hydroxyl groups excluding tert-OH is 1. The predicted octanol–water partition coefficient (Wildman–Crippen LogP) is 2.30. The maximum atomic E-state index is 12.8. The number of aliphatic carboxylic acids is 1. The minimum absolute atomic E-state index is 0.328. The lowest BCUT2D eigenvalue weighted by atomic mass is 10.0. The van der Waals surface area contributed by atoms with Crippen LogP contribution in [0.15, 0.2) is 42.7 Å². The molecule has 2 rings (SSSR count). The van der Waals surface area contributed by atoms with Gasteiger partial charge in [-0.05, 0) is 29.7 Å². The van der Waals surface area contributed by atoms with Gasteiger partial charge in [0.2, 0.25) is 0 Å². The van der Waals surface area contributed by atoms with Crippen molar-refractivity contribution in [2.45, 2.75) is 6.42 Å². The first-order chi connectivity index (χ1) is 9.97. The lowest BCUT2D eigenvalue weighted by Crippen LogP contribution is -2.09. The zero-order valence-corrected chi connectivity index (χ0v) is 10.8. The van der Waals surface area contributed by atoms with E-state index < -0.39 is 17.5 Å². The van der Waals surface area contributed by atoms with Gasteiger partial charge in [0.1, 0.15) is 11.6 Å². The van der Waals surface area contributed by atoms with Crippen LogP contribution in [0.2, 0.25) is 0 Å². The number of hydrogen-bond donors (Lipinski definition) is 3. The molecule has 1 aromatic carbocycles. The summed E-state index contributed by atoms with van der Waals surface area (Å²) in [5.74, 6) is -3.62. The fourth-order valence-electron chi connectivity index (χ4n) is 1.87. The minimum atomic E-state index is -1.64. The Morgan fingerprint density at radius 3 is 2.43 bits per heavy atom. The van der Waals surface area contributed by atoms with Gasteiger partial charge in [-0.2, -0.15) is 0 Å². The summed E-state index contributed by atoms with van der Waals surface area (Å²) in [4.78, 5) is 24.3. The third kappa shape index (κ3) is 3.56. The first-order valence-electron chi connectivity index (χ1n) is 6.05. The van der Waals surface area contributed by atoms with Gasteiger partial charge in [0, 0.05) is 24.0 Å². The highest BCUT2D eigenvalue weighted by Crippen LogP contribution is 2.20. The fraction of sp³-hybridized carbons (Fsp3) is 0.0667. The van der Waals surface area contributed by atoms with E-state index in [0.29, 0.717) is 23.6 Å². The van der Waals surface area contributed by atoms with E-state index in [0.717, 1.165) is 5.56 Å². The Bertz CT molecular complexity index is 701. The van der Waals surface area contributed by atoms with Crippen molar-refractivity contribution in [1.82, 2.24) is 4.98 Å². The zero-order chi connectivity index (χ0) is 15.4. The molecular formula is C15H12FNO4. The molecule has 21 heavy (non-hydrogen) atoms. The monoisotopic (exact) mass is 289 g/mol. The maximum absolute atomic E-state index is 12.8. The summed E-state index contributed by atoms with van der Waals surface area (Å²) in [6.07, 6.45) is 4.13. The van der Waals surface area contributed by atoms with Gasteiger partial charge in [0.25, 0.3) is 5.78 Å². The summed E-state index contributed by atoms with van der Waals surface area (Å²) < 4.78 is 12.8. The van der Waals surface area contributed by atoms with E-state index in [4.69, 9.17) is 5.11 Å². The Kier molecular flexibility index (Phi) is 4.18. The number of halogens is 1. The van der Waals surface area contributed by atoms with Crippen molar-refractivity contribution in [3.05, 3.63) is 65.2 Å². The molecule has 0 saturated carbocycles. The lowest BCUT2D eigenvalue weighted by molar-refractivity contribution is -0.146. The van der Waals surface area contributed by atoms with E-state index in [1.165, 1.54) is 18.3 Å². The van der Waals surface area contributed by atoms with Gasteiger partial charge in [-0.15, -0.1) is 0 Å². The first kappa shape index (κ1) is 14.5. The average molecular weight is 289 g/mol. The summed E-state index contributed by atoms with van der Waals surface area (Å²) in [5, 5.41) is 18.3. The van der Waals surface area contributed by atoms with Crippen molar-refractivity contribution in [2.24, 2.45) is 0 Å². The van der Waals surface area contributed by atoms with Crippen molar-refractivity contribution in [3.8, 4) is 0 Å². The highest BCUT2D eigenvalue weighted by molar-refractivity contribution is 6.38. The van der Waals surface area contributed by atoms with Gasteiger partial charge in [0.15, 0.2) is 0 Å². The van der Waals surface area contributed by atoms with Gasteiger partial charge in [0.05, 0.1) is 0 Å². The summed E-state index contributed by atoms with van der Waals surface area (Å²) in [6, 6.07) is 5.86. The van der Waals surface area contributed by atoms with Crippen molar-refractivity contribution in [1.29, 1.82) is 0 Å². The molecule has 0 bridgehead atoms. The standard InChI is InChI=1S/C15H12FNO4/c16-11-3-1-9(2-4-11)5-10-7-17-8-12(10)13(18)6-14(19)15(20)21/h1-4,6-8,17-18H,5H2,(H,20,21). The molecule has 3 N–H and O–H groups in total. The molecule has 1 heterocycles. The number of aromatic nitrogens is 1. The third-order valence-electron chi connectivity index (χ3n) is 2.89. The molecule has 5 nitrogen and oxygen atoms in total. The Hall–Kier alpha value is -2.89. The smallest absolute Gasteiger partial charge is 0.376 e. The van der Waals surface area contributed by atoms with E-state index in [2.05, 4.69) is 4.98 Å². The van der Waals surface area contributed by atoms with Crippen molar-refractivity contribution < 1.29 is 24.2 Å². The van der Waals surface area contributed by atoms with Crippen molar-refractivity contribution >= 4 is 17.5 Å². The van der Waals surface area contributed by atoms with Crippen LogP contribution in [0.5, 0.6) is 0 Å². The predicted molar refractivity (Wildman–Crippen MR) is 73.2 cm³/mol. The quantitative estimate of drug-likeness (QED) is 0.447. The van der Waals surface area contributed by atoms with Crippen LogP contribution in [0.3, 0.4) is 0 Å². The van der Waals surface area contributed by atoms with Gasteiger partial charge >= 0.3 is 5.97 Å². The van der Waals surface area contributed by atoms with Crippen LogP contribution in [0.4, 0.5) is 4.39 Å². The molecule has 0 aliphatic carbocycles. The number of aliphatic hydroxyl groups is 1. The molecule has 0 atom stereocenters. The number of carbonyl (C=O) groups excluding carboxylic acids is 1. The number of nitrogens with one attached hydrogen (secondary N) is 1. The van der Waals surface area contributed by atoms with Crippen LogP contribution in [-0.2, 0) is 16.0 Å². The largest absolute Gasteiger partial charge is 0.507 e. The van der Waals surface area contributed by atoms with E-state index in [-0.39, 0.29) is 5.82 Å². The Labute approximate surface area is 119 Å². The van der Waals surface area contributed by atoms with Crippen LogP contribution < -0.4 is 0 Å². The Morgan fingerprint density at radius 1 is 1.14 bits per heavy atom. The number of aromatic amines is 1. The zero-order valence-electron chi connectivity index (χ0n) is 10.8. The molecule has 0 aliphatic rings. The van der Waals surface area contributed by atoms with Crippen LogP contribution >= 0.6 is 0 Å². The average Bonchev–Trinajstić information content (AvgIpc) is 2.89. The summed E-state index contributed by atoms with van der Waals surface area (Å²) in [7, 11) is 0. The van der Waals surface area contributed by atoms with Crippen molar-refractivity contribution in [3.63, 3.8) is 0 Å². The molecular weight excluding hydrogens is 277 g/mol. The Balaban J connectivity index is 2.24. The van der Waals surface area contributed by atoms with Crippen LogP contribution in [0, 0.1) is 5.82 Å². The van der Waals surface area contributed by atoms with E-state index in [9.17, 15) is 19.1 Å². The number of carbonyl (C=O) groups is 2. The molecule has 0 radical (unpaired) electrons. The number of rotatable bonds is 5. The number of carboxylic acids is 1. The number of hydrogen-bond acceptors (Lipinski definition) is 3. The highest BCUT2D eigenvalue weighted by Gasteiger charge is 2.14. The maximum Gasteiger partial charge on any atom is 0.376 e. The molecule has 0 unspecified atom stereocenters. The van der Waals surface area contributed by atoms with Gasteiger partial charge in [-0.25, -0.2) is 9.18 Å². The van der Waals surface area contributed by atoms with E-state index >= 15 is 0 Å². The molecule has 0 fully saturated rings. The van der Waals surface area contributed by atoms with Gasteiger partial charge in [-0.1, -0.05) is 12.1 Å². The topological polar surface area (TPSA) is 90.4 Å². The summed E-state index contributed by atoms with van der Waals surface area (Å²) in [5.41, 5.74) is 1.80. The fourth-order valence-corrected chi connectivity index (χ4v) is 1.87. The molecule has 0 spiro atoms. The second-order valence-corrected chi connectivity index (χ2v) is 4.40. The number of benzene rings is 1. The Morgan fingerprint density at radius 2 is 1.81 bits per heavy atom. The highest BCUT2D eigenvalue weighted by atomic mass is 19.1. The van der Waals surface area contributed by atoms with Crippen molar-refractivity contribution in [2.75, 3.05) is 0 Å². The number of carboxylic acid groups (broad SMARTS) is 1. The number of ketones is 1. The van der Waals surface area contributed by atoms with Crippen LogP contribution in [-0.4, -0.2) is 26.9 Å². The normalized spacial score (nSPS) is 11.4. The summed E-state index contributed by atoms with van der Waals surface area (Å²) in [6.45, 7) is 0. The lowest BCUT2D eigenvalue weighted by Gasteiger charge is -2.03. The minimum Gasteiger partial charge on any atom is -0.507 e. The molecule has 2 aromatic rings. The molecule has 6 heteroatoms. The molecule has 1 aromatic heterocycles. The summed E-state index contributed by atoms with van der Waals surface area (Å²) >= 11 is 0. The van der Waals surface area contributed by atoms with Crippen LogP contribution in [0.1, 0.15) is 16.7 Å². The number of H-pyrrole nitrogens is 1. The van der Waals surface area contributed by atoms with Gasteiger partial charge in [-0.3, -0.25) is 4.79 Å². The van der Waals surface area contributed by atoms with Gasteiger partial charge < -0.3 is 15.2 Å². The second-order valence-electron chi connectivity index (χ2n) is 4.40. The first-order valence-corrected chi connectivity index (χ1v) is 6.05. The van der Waals surface area contributed by atoms with Crippen LogP contribution in [0.25, 0.3) is 5.76 Å². The van der Waals surface area contributed by atoms with E-state index in [1.54, 1.807) is 18.3 Å². The SMILES string of the molecule is O=C(O)C(=O)C=C(O)c1c[nH]cc1Cc1ccc(F)cc1. The molecule has 0 saturated heterocycles. The third-order valence-corrected chi connectivity index (χ3v) is 2.89. The molecule has 108 valence electrons.